The monoisotopic (exact) mass is 376 g/mol. The number of hydrogen-bond donors (Lipinski definition) is 0. The van der Waals surface area contributed by atoms with Crippen molar-refractivity contribution < 1.29 is 9.47 Å². The van der Waals surface area contributed by atoms with Gasteiger partial charge in [-0.15, -0.1) is 0 Å². The topological polar surface area (TPSA) is 18.5 Å². The second kappa shape index (κ2) is 6.92. The van der Waals surface area contributed by atoms with Gasteiger partial charge in [0, 0.05) is 28.6 Å². The molecule has 100 valence electrons. The van der Waals surface area contributed by atoms with E-state index in [0.29, 0.717) is 5.92 Å². The van der Waals surface area contributed by atoms with Gasteiger partial charge in [-0.3, -0.25) is 0 Å². The molecule has 0 spiro atoms. The van der Waals surface area contributed by atoms with Crippen molar-refractivity contribution in [3.05, 3.63) is 27.7 Å². The predicted octanol–water partition coefficient (Wildman–Crippen LogP) is 4.46. The van der Waals surface area contributed by atoms with E-state index in [1.807, 2.05) is 0 Å². The van der Waals surface area contributed by atoms with E-state index in [1.165, 1.54) is 11.1 Å². The van der Waals surface area contributed by atoms with Crippen molar-refractivity contribution in [2.75, 3.05) is 19.8 Å². The first kappa shape index (κ1) is 14.4. The SMILES string of the molecule is Cc1cc(Br)cc(CBr)c1OCC1CCOCC1. The molecule has 18 heavy (non-hydrogen) atoms. The molecule has 1 fully saturated rings. The highest BCUT2D eigenvalue weighted by atomic mass is 79.9. The van der Waals surface area contributed by atoms with Crippen LogP contribution >= 0.6 is 31.9 Å². The van der Waals surface area contributed by atoms with E-state index in [1.54, 1.807) is 0 Å². The fourth-order valence-electron chi connectivity index (χ4n) is 2.22. The van der Waals surface area contributed by atoms with Gasteiger partial charge in [-0.05, 0) is 43.4 Å². The average Bonchev–Trinajstić information content (AvgIpc) is 2.38. The maximum Gasteiger partial charge on any atom is 0.126 e. The zero-order valence-electron chi connectivity index (χ0n) is 10.5. The zero-order chi connectivity index (χ0) is 13.0. The van der Waals surface area contributed by atoms with Crippen LogP contribution in [0, 0.1) is 12.8 Å². The molecular weight excluding hydrogens is 360 g/mol. The van der Waals surface area contributed by atoms with Crippen LogP contribution in [0.3, 0.4) is 0 Å². The first-order valence-electron chi connectivity index (χ1n) is 6.26. The standard InChI is InChI=1S/C14H18Br2O2/c1-10-6-13(16)7-12(8-15)14(10)18-9-11-2-4-17-5-3-11/h6-7,11H,2-5,8-9H2,1H3. The summed E-state index contributed by atoms with van der Waals surface area (Å²) in [4.78, 5) is 0. The van der Waals surface area contributed by atoms with E-state index in [2.05, 4.69) is 50.9 Å². The molecule has 1 aromatic rings. The minimum atomic E-state index is 0.630. The summed E-state index contributed by atoms with van der Waals surface area (Å²) in [5.74, 6) is 1.66. The maximum atomic E-state index is 6.05. The molecule has 0 N–H and O–H groups in total. The second-order valence-electron chi connectivity index (χ2n) is 4.71. The minimum absolute atomic E-state index is 0.630. The highest BCUT2D eigenvalue weighted by Gasteiger charge is 2.16. The van der Waals surface area contributed by atoms with Crippen LogP contribution < -0.4 is 4.74 Å². The Kier molecular flexibility index (Phi) is 5.52. The molecule has 0 atom stereocenters. The molecule has 0 amide bonds. The molecule has 1 aromatic carbocycles. The third-order valence-electron chi connectivity index (χ3n) is 3.26. The van der Waals surface area contributed by atoms with Crippen LogP contribution in [0.2, 0.25) is 0 Å². The van der Waals surface area contributed by atoms with Crippen molar-refractivity contribution in [2.45, 2.75) is 25.1 Å². The van der Waals surface area contributed by atoms with Crippen molar-refractivity contribution in [1.29, 1.82) is 0 Å². The first-order valence-corrected chi connectivity index (χ1v) is 8.17. The highest BCUT2D eigenvalue weighted by molar-refractivity contribution is 9.10. The summed E-state index contributed by atoms with van der Waals surface area (Å²) in [5.41, 5.74) is 2.39. The molecule has 1 saturated heterocycles. The maximum absolute atomic E-state index is 6.05. The number of halogens is 2. The van der Waals surface area contributed by atoms with E-state index >= 15 is 0 Å². The number of benzene rings is 1. The summed E-state index contributed by atoms with van der Waals surface area (Å²) in [5, 5.41) is 0.816. The second-order valence-corrected chi connectivity index (χ2v) is 6.19. The largest absolute Gasteiger partial charge is 0.493 e. The summed E-state index contributed by atoms with van der Waals surface area (Å²) >= 11 is 7.04. The lowest BCUT2D eigenvalue weighted by Gasteiger charge is -2.23. The molecule has 2 rings (SSSR count). The number of aryl methyl sites for hydroxylation is 1. The molecular formula is C14H18Br2O2. The van der Waals surface area contributed by atoms with Gasteiger partial charge in [0.15, 0.2) is 0 Å². The van der Waals surface area contributed by atoms with Crippen molar-refractivity contribution in [1.82, 2.24) is 0 Å². The van der Waals surface area contributed by atoms with E-state index in [-0.39, 0.29) is 0 Å². The Bertz CT molecular complexity index is 401. The third kappa shape index (κ3) is 3.72. The fourth-order valence-corrected chi connectivity index (χ4v) is 3.26. The van der Waals surface area contributed by atoms with Gasteiger partial charge in [-0.25, -0.2) is 0 Å². The van der Waals surface area contributed by atoms with Gasteiger partial charge < -0.3 is 9.47 Å². The molecule has 0 aliphatic carbocycles. The Hall–Kier alpha value is -0.0600. The number of hydrogen-bond acceptors (Lipinski definition) is 2. The van der Waals surface area contributed by atoms with Crippen LogP contribution in [0.1, 0.15) is 24.0 Å². The van der Waals surface area contributed by atoms with Crippen molar-refractivity contribution >= 4 is 31.9 Å². The Morgan fingerprint density at radius 3 is 2.72 bits per heavy atom. The van der Waals surface area contributed by atoms with Crippen molar-refractivity contribution in [3.63, 3.8) is 0 Å². The normalized spacial score (nSPS) is 16.8. The number of rotatable bonds is 4. The summed E-state index contributed by atoms with van der Waals surface area (Å²) in [6.07, 6.45) is 2.22. The highest BCUT2D eigenvalue weighted by Crippen LogP contribution is 2.30. The number of alkyl halides is 1. The lowest BCUT2D eigenvalue weighted by molar-refractivity contribution is 0.0495. The van der Waals surface area contributed by atoms with Gasteiger partial charge in [-0.1, -0.05) is 31.9 Å². The number of ether oxygens (including phenoxy) is 2. The molecule has 1 heterocycles. The van der Waals surface area contributed by atoms with E-state index in [0.717, 1.165) is 48.2 Å². The molecule has 0 radical (unpaired) electrons. The molecule has 0 aromatic heterocycles. The lowest BCUT2D eigenvalue weighted by atomic mass is 10.0. The summed E-state index contributed by atoms with van der Waals surface area (Å²) in [6, 6.07) is 4.21. The van der Waals surface area contributed by atoms with Gasteiger partial charge in [-0.2, -0.15) is 0 Å². The van der Waals surface area contributed by atoms with Gasteiger partial charge in [0.25, 0.3) is 0 Å². The Balaban J connectivity index is 2.03. The molecule has 0 saturated carbocycles. The van der Waals surface area contributed by atoms with Gasteiger partial charge in [0.2, 0.25) is 0 Å². The van der Waals surface area contributed by atoms with Gasteiger partial charge in [0.1, 0.15) is 5.75 Å². The predicted molar refractivity (Wildman–Crippen MR) is 80.5 cm³/mol. The van der Waals surface area contributed by atoms with Crippen LogP contribution in [0.25, 0.3) is 0 Å². The van der Waals surface area contributed by atoms with Crippen LogP contribution in [-0.4, -0.2) is 19.8 Å². The molecule has 0 bridgehead atoms. The van der Waals surface area contributed by atoms with Crippen molar-refractivity contribution in [3.8, 4) is 5.75 Å². The van der Waals surface area contributed by atoms with Crippen LogP contribution in [0.15, 0.2) is 16.6 Å². The summed E-state index contributed by atoms with van der Waals surface area (Å²) in [7, 11) is 0. The zero-order valence-corrected chi connectivity index (χ0v) is 13.7. The van der Waals surface area contributed by atoms with Crippen LogP contribution in [0.5, 0.6) is 5.75 Å². The molecule has 0 unspecified atom stereocenters. The van der Waals surface area contributed by atoms with Crippen LogP contribution in [-0.2, 0) is 10.1 Å². The Morgan fingerprint density at radius 1 is 1.33 bits per heavy atom. The van der Waals surface area contributed by atoms with Gasteiger partial charge >= 0.3 is 0 Å². The first-order chi connectivity index (χ1) is 8.70. The quantitative estimate of drug-likeness (QED) is 0.721. The van der Waals surface area contributed by atoms with Crippen molar-refractivity contribution in [2.24, 2.45) is 5.92 Å². The molecule has 2 nitrogen and oxygen atoms in total. The minimum Gasteiger partial charge on any atom is -0.493 e. The molecule has 1 aliphatic heterocycles. The summed E-state index contributed by atoms with van der Waals surface area (Å²) in [6.45, 7) is 4.64. The van der Waals surface area contributed by atoms with Gasteiger partial charge in [0.05, 0.1) is 6.61 Å². The van der Waals surface area contributed by atoms with E-state index in [9.17, 15) is 0 Å². The molecule has 4 heteroatoms. The smallest absolute Gasteiger partial charge is 0.126 e. The lowest BCUT2D eigenvalue weighted by Crippen LogP contribution is -2.21. The Labute approximate surface area is 125 Å². The molecule has 1 aliphatic rings. The van der Waals surface area contributed by atoms with Crippen LogP contribution in [0.4, 0.5) is 0 Å². The fraction of sp³-hybridized carbons (Fsp3) is 0.571. The van der Waals surface area contributed by atoms with E-state index in [4.69, 9.17) is 9.47 Å². The summed E-state index contributed by atoms with van der Waals surface area (Å²) < 4.78 is 12.5. The third-order valence-corrected chi connectivity index (χ3v) is 4.33. The average molecular weight is 378 g/mol. The Morgan fingerprint density at radius 2 is 2.06 bits per heavy atom. The van der Waals surface area contributed by atoms with E-state index < -0.39 is 0 Å².